The second kappa shape index (κ2) is 29.8. The van der Waals surface area contributed by atoms with Crippen LogP contribution in [0.2, 0.25) is 0 Å². The maximum atomic E-state index is 11.6. The van der Waals surface area contributed by atoms with E-state index in [1.165, 1.54) is 49.6 Å². The molecule has 16 nitrogen and oxygen atoms in total. The third-order valence-electron chi connectivity index (χ3n) is 6.25. The SMILES string of the molecule is F[P-](F)(F)(F)(F)F.F[P-](F)(F)(F)(F)F.O=C(OCCOCCOCCOC(=O)c1ccncc1)c1ccncc1.O=C(OCCOCCOCCOC(=O)c1ccncc1)c1ccncc1.[Ag+].[Ag+]. The first-order valence-corrected chi connectivity index (χ1v) is 22.2. The maximum absolute atomic E-state index is 11.6. The average Bonchev–Trinajstić information content (AvgIpc) is 3.24. The molecule has 0 saturated carbocycles. The first-order valence-electron chi connectivity index (χ1n) is 18.2. The van der Waals surface area contributed by atoms with E-state index in [0.717, 1.165) is 0 Å². The molecule has 0 aliphatic heterocycles. The summed E-state index contributed by atoms with van der Waals surface area (Å²) in [6.45, 7) is 3.14. The van der Waals surface area contributed by atoms with Crippen molar-refractivity contribution in [3.8, 4) is 0 Å². The van der Waals surface area contributed by atoms with E-state index in [9.17, 15) is 69.5 Å². The van der Waals surface area contributed by atoms with Gasteiger partial charge in [0.25, 0.3) is 0 Å². The topological polar surface area (TPSA) is 194 Å². The molecule has 0 aliphatic carbocycles. The molecule has 0 spiro atoms. The number of pyridine rings is 4. The van der Waals surface area contributed by atoms with Crippen LogP contribution in [0, 0.1) is 0 Å². The van der Waals surface area contributed by atoms with E-state index in [1.807, 2.05) is 0 Å². The Kier molecular flexibility index (Phi) is 28.8. The summed E-state index contributed by atoms with van der Waals surface area (Å²) >= 11 is 0. The van der Waals surface area contributed by atoms with Gasteiger partial charge in [-0.15, -0.1) is 0 Å². The van der Waals surface area contributed by atoms with Gasteiger partial charge in [-0.25, -0.2) is 19.2 Å². The van der Waals surface area contributed by atoms with Crippen molar-refractivity contribution < 1.29 is 152 Å². The molecule has 0 fully saturated rings. The van der Waals surface area contributed by atoms with Crippen molar-refractivity contribution >= 4 is 39.5 Å². The van der Waals surface area contributed by atoms with E-state index in [1.54, 1.807) is 48.5 Å². The van der Waals surface area contributed by atoms with Gasteiger partial charge in [-0.05, 0) is 48.5 Å². The first-order chi connectivity index (χ1) is 30.4. The van der Waals surface area contributed by atoms with Gasteiger partial charge in [-0.3, -0.25) is 19.9 Å². The van der Waals surface area contributed by atoms with Crippen LogP contribution in [-0.2, 0) is 82.7 Å². The summed E-state index contributed by atoms with van der Waals surface area (Å²) in [6, 6.07) is 12.7. The summed E-state index contributed by atoms with van der Waals surface area (Å²) < 4.78 is 160. The number of hydrogen-bond acceptors (Lipinski definition) is 16. The number of halogens is 12. The Labute approximate surface area is 409 Å². The summed E-state index contributed by atoms with van der Waals surface area (Å²) in [6.07, 6.45) is 12.2. The monoisotopic (exact) mass is 1220 g/mol. The van der Waals surface area contributed by atoms with Gasteiger partial charge in [0.1, 0.15) is 26.4 Å². The fraction of sp³-hybridized carbons (Fsp3) is 0.333. The van der Waals surface area contributed by atoms with E-state index >= 15 is 0 Å². The van der Waals surface area contributed by atoms with E-state index < -0.39 is 39.5 Å². The smallest absolute Gasteiger partial charge is 0.460 e. The van der Waals surface area contributed by atoms with Crippen LogP contribution in [0.5, 0.6) is 0 Å². The van der Waals surface area contributed by atoms with E-state index in [-0.39, 0.29) is 97.6 Å². The largest absolute Gasteiger partial charge is 1.00 e. The minimum atomic E-state index is -10.7. The maximum Gasteiger partial charge on any atom is 1.00 e. The Morgan fingerprint density at radius 3 is 0.588 bits per heavy atom. The first kappa shape index (κ1) is 65.9. The number of carbonyl (C=O) groups excluding carboxylic acids is 4. The summed E-state index contributed by atoms with van der Waals surface area (Å²) in [5, 5.41) is 0. The molecule has 0 aromatic carbocycles. The van der Waals surface area contributed by atoms with Crippen LogP contribution in [0.3, 0.4) is 0 Å². The van der Waals surface area contributed by atoms with Crippen molar-refractivity contribution in [2.75, 3.05) is 79.3 Å². The molecule has 0 N–H and O–H groups in total. The van der Waals surface area contributed by atoms with Crippen molar-refractivity contribution in [3.63, 3.8) is 0 Å². The molecule has 32 heteroatoms. The molecule has 0 atom stereocenters. The van der Waals surface area contributed by atoms with Crippen LogP contribution in [0.25, 0.3) is 0 Å². The quantitative estimate of drug-likeness (QED) is 0.0180. The molecule has 0 radical (unpaired) electrons. The second-order valence-electron chi connectivity index (χ2n) is 11.9. The number of ether oxygens (including phenoxy) is 8. The van der Waals surface area contributed by atoms with Crippen molar-refractivity contribution in [1.82, 2.24) is 19.9 Å². The van der Waals surface area contributed by atoms with Gasteiger partial charge in [-0.2, -0.15) is 0 Å². The van der Waals surface area contributed by atoms with Gasteiger partial charge in [0.15, 0.2) is 0 Å². The minimum absolute atomic E-state index is 0. The molecule has 0 saturated heterocycles. The summed E-state index contributed by atoms with van der Waals surface area (Å²) in [4.78, 5) is 61.8. The van der Waals surface area contributed by atoms with Gasteiger partial charge >= 0.3 is 135 Å². The van der Waals surface area contributed by atoms with Crippen molar-refractivity contribution in [2.45, 2.75) is 0 Å². The van der Waals surface area contributed by atoms with Crippen molar-refractivity contribution in [3.05, 3.63) is 120 Å². The molecule has 4 aromatic rings. The molecule has 0 aliphatic rings. The zero-order valence-corrected chi connectivity index (χ0v) is 39.2. The van der Waals surface area contributed by atoms with Gasteiger partial charge < -0.3 is 37.9 Å². The number of nitrogens with zero attached hydrogens (tertiary/aromatic N) is 4. The zero-order valence-electron chi connectivity index (χ0n) is 34.4. The Morgan fingerprint density at radius 1 is 0.309 bits per heavy atom. The van der Waals surface area contributed by atoms with Crippen LogP contribution in [-0.4, -0.2) is 123 Å². The third-order valence-corrected chi connectivity index (χ3v) is 6.25. The van der Waals surface area contributed by atoms with Crippen molar-refractivity contribution in [2.24, 2.45) is 0 Å². The van der Waals surface area contributed by atoms with Crippen LogP contribution < -0.4 is 0 Å². The molecule has 4 heterocycles. The normalized spacial score (nSPS) is 12.6. The Bertz CT molecular complexity index is 1770. The van der Waals surface area contributed by atoms with Gasteiger partial charge in [0.05, 0.1) is 75.1 Å². The Morgan fingerprint density at radius 2 is 0.441 bits per heavy atom. The minimum Gasteiger partial charge on any atom is -0.460 e. The van der Waals surface area contributed by atoms with Crippen LogP contribution in [0.4, 0.5) is 50.4 Å². The third kappa shape index (κ3) is 46.9. The van der Waals surface area contributed by atoms with Crippen LogP contribution >= 0.6 is 15.6 Å². The predicted octanol–water partition coefficient (Wildman–Crippen LogP) is 9.81. The molecular formula is C36H40Ag2F12N4O12P2. The van der Waals surface area contributed by atoms with Crippen LogP contribution in [0.15, 0.2) is 98.1 Å². The summed E-state index contributed by atoms with van der Waals surface area (Å²) in [5.74, 6) is -1.65. The average molecular weight is 1230 g/mol. The number of esters is 4. The summed E-state index contributed by atoms with van der Waals surface area (Å²) in [7, 11) is -21.3. The molecule has 392 valence electrons. The molecule has 4 aromatic heterocycles. The number of aromatic nitrogens is 4. The molecule has 68 heavy (non-hydrogen) atoms. The Balaban J connectivity index is 0. The van der Waals surface area contributed by atoms with Crippen LogP contribution in [0.1, 0.15) is 41.4 Å². The predicted molar refractivity (Wildman–Crippen MR) is 208 cm³/mol. The number of hydrogen-bond donors (Lipinski definition) is 0. The second-order valence-corrected chi connectivity index (χ2v) is 15.7. The van der Waals surface area contributed by atoms with E-state index in [2.05, 4.69) is 19.9 Å². The fourth-order valence-corrected chi connectivity index (χ4v) is 3.70. The fourth-order valence-electron chi connectivity index (χ4n) is 3.70. The van der Waals surface area contributed by atoms with Gasteiger partial charge in [0, 0.05) is 49.6 Å². The molecule has 0 amide bonds. The molecule has 0 unspecified atom stereocenters. The molecular weight excluding hydrogens is 1190 g/mol. The van der Waals surface area contributed by atoms with E-state index in [4.69, 9.17) is 37.9 Å². The summed E-state index contributed by atoms with van der Waals surface area (Å²) in [5.41, 5.74) is 1.79. The molecule has 4 rings (SSSR count). The number of rotatable bonds is 22. The van der Waals surface area contributed by atoms with Crippen molar-refractivity contribution in [1.29, 1.82) is 0 Å². The van der Waals surface area contributed by atoms with Gasteiger partial charge in [0.2, 0.25) is 0 Å². The zero-order chi connectivity index (χ0) is 49.7. The van der Waals surface area contributed by atoms with E-state index in [0.29, 0.717) is 48.7 Å². The van der Waals surface area contributed by atoms with Gasteiger partial charge in [-0.1, -0.05) is 0 Å². The Hall–Kier alpha value is -4.18. The molecule has 0 bridgehead atoms. The number of carbonyl (C=O) groups is 4. The standard InChI is InChI=1S/2C18H20N2O6.2Ag.2F6P/c2*21-17(15-1-5-19-6-2-15)25-13-11-23-9-10-24-12-14-26-18(22)16-3-7-20-8-4-16;;;2*1-7(2,3,4,5)6/h2*1-8H,9-14H2;;;;/q;;2*+1;2*-1.